The van der Waals surface area contributed by atoms with Crippen molar-refractivity contribution in [1.29, 1.82) is 0 Å². The molecule has 118 valence electrons. The SMILES string of the molecule is CCC(C)C(N)C(=O)N(C)CC(=O)N1CCOCC1.Cl. The van der Waals surface area contributed by atoms with Crippen molar-refractivity contribution in [3.05, 3.63) is 0 Å². The Labute approximate surface area is 127 Å². The summed E-state index contributed by atoms with van der Waals surface area (Å²) in [5.74, 6) is -0.0973. The van der Waals surface area contributed by atoms with E-state index in [1.54, 1.807) is 11.9 Å². The molecule has 0 aromatic carbocycles. The lowest BCUT2D eigenvalue weighted by molar-refractivity contribution is -0.142. The number of hydrogen-bond donors (Lipinski definition) is 1. The van der Waals surface area contributed by atoms with Crippen LogP contribution in [0.4, 0.5) is 0 Å². The first-order chi connectivity index (χ1) is 8.97. The molecular weight excluding hydrogens is 282 g/mol. The van der Waals surface area contributed by atoms with Crippen molar-refractivity contribution >= 4 is 24.2 Å². The van der Waals surface area contributed by atoms with Gasteiger partial charge in [-0.2, -0.15) is 0 Å². The quantitative estimate of drug-likeness (QED) is 0.781. The Kier molecular flexibility index (Phi) is 8.76. The monoisotopic (exact) mass is 307 g/mol. The first kappa shape index (κ1) is 19.1. The average Bonchev–Trinajstić information content (AvgIpc) is 2.45. The van der Waals surface area contributed by atoms with Gasteiger partial charge in [0.2, 0.25) is 11.8 Å². The van der Waals surface area contributed by atoms with E-state index in [-0.39, 0.29) is 36.7 Å². The number of carbonyl (C=O) groups excluding carboxylic acids is 2. The number of nitrogens with two attached hydrogens (primary N) is 1. The largest absolute Gasteiger partial charge is 0.378 e. The molecule has 1 rings (SSSR count). The lowest BCUT2D eigenvalue weighted by atomic mass is 9.99. The van der Waals surface area contributed by atoms with Gasteiger partial charge in [0.15, 0.2) is 0 Å². The van der Waals surface area contributed by atoms with Gasteiger partial charge in [-0.05, 0) is 5.92 Å². The van der Waals surface area contributed by atoms with Crippen LogP contribution in [0.15, 0.2) is 0 Å². The third-order valence-electron chi connectivity index (χ3n) is 3.65. The fourth-order valence-electron chi connectivity index (χ4n) is 1.95. The number of nitrogens with zero attached hydrogens (tertiary/aromatic N) is 2. The summed E-state index contributed by atoms with van der Waals surface area (Å²) in [5, 5.41) is 0. The molecule has 1 heterocycles. The fraction of sp³-hybridized carbons (Fsp3) is 0.846. The summed E-state index contributed by atoms with van der Waals surface area (Å²) in [5.41, 5.74) is 5.89. The number of halogens is 1. The minimum atomic E-state index is -0.535. The van der Waals surface area contributed by atoms with E-state index in [0.29, 0.717) is 26.3 Å². The van der Waals surface area contributed by atoms with Crippen molar-refractivity contribution in [3.8, 4) is 0 Å². The molecule has 7 heteroatoms. The third kappa shape index (κ3) is 5.26. The second-order valence-electron chi connectivity index (χ2n) is 5.10. The van der Waals surface area contributed by atoms with E-state index in [1.807, 2.05) is 13.8 Å². The van der Waals surface area contributed by atoms with Gasteiger partial charge < -0.3 is 20.3 Å². The standard InChI is InChI=1S/C13H25N3O3.ClH/c1-4-10(2)12(14)13(18)15(3)9-11(17)16-5-7-19-8-6-16;/h10,12H,4-9,14H2,1-3H3;1H. The van der Waals surface area contributed by atoms with Gasteiger partial charge in [0.25, 0.3) is 0 Å². The zero-order chi connectivity index (χ0) is 14.4. The molecule has 0 saturated carbocycles. The van der Waals surface area contributed by atoms with Gasteiger partial charge in [0.1, 0.15) is 0 Å². The second-order valence-corrected chi connectivity index (χ2v) is 5.10. The summed E-state index contributed by atoms with van der Waals surface area (Å²) in [6.45, 7) is 6.35. The molecule has 0 aromatic rings. The predicted molar refractivity (Wildman–Crippen MR) is 79.7 cm³/mol. The number of amides is 2. The first-order valence-electron chi connectivity index (χ1n) is 6.83. The normalized spacial score (nSPS) is 17.9. The number of carbonyl (C=O) groups is 2. The number of hydrogen-bond acceptors (Lipinski definition) is 4. The summed E-state index contributed by atoms with van der Waals surface area (Å²) >= 11 is 0. The van der Waals surface area contributed by atoms with E-state index in [0.717, 1.165) is 6.42 Å². The highest BCUT2D eigenvalue weighted by Crippen LogP contribution is 2.08. The second kappa shape index (κ2) is 9.15. The molecule has 0 aliphatic carbocycles. The van der Waals surface area contributed by atoms with Gasteiger partial charge in [0.05, 0.1) is 25.8 Å². The molecule has 2 amide bonds. The van der Waals surface area contributed by atoms with Gasteiger partial charge in [-0.1, -0.05) is 20.3 Å². The van der Waals surface area contributed by atoms with Crippen LogP contribution in [0.25, 0.3) is 0 Å². The smallest absolute Gasteiger partial charge is 0.242 e. The zero-order valence-electron chi connectivity index (χ0n) is 12.5. The molecule has 1 aliphatic rings. The molecule has 0 aromatic heterocycles. The molecular formula is C13H26ClN3O3. The predicted octanol–water partition coefficient (Wildman–Crippen LogP) is 0.0988. The van der Waals surface area contributed by atoms with Gasteiger partial charge in [0, 0.05) is 20.1 Å². The Hall–Kier alpha value is -0.850. The van der Waals surface area contributed by atoms with Crippen LogP contribution in [0.1, 0.15) is 20.3 Å². The lowest BCUT2D eigenvalue weighted by Gasteiger charge is -2.30. The Bertz CT molecular complexity index is 322. The molecule has 2 unspecified atom stereocenters. The molecule has 2 atom stereocenters. The van der Waals surface area contributed by atoms with E-state index in [9.17, 15) is 9.59 Å². The van der Waals surface area contributed by atoms with Crippen LogP contribution in [-0.4, -0.2) is 67.6 Å². The lowest BCUT2D eigenvalue weighted by Crippen LogP contribution is -2.50. The van der Waals surface area contributed by atoms with Gasteiger partial charge in [-0.15, -0.1) is 12.4 Å². The highest BCUT2D eigenvalue weighted by Gasteiger charge is 2.25. The molecule has 20 heavy (non-hydrogen) atoms. The highest BCUT2D eigenvalue weighted by atomic mass is 35.5. The van der Waals surface area contributed by atoms with Crippen molar-refractivity contribution in [2.24, 2.45) is 11.7 Å². The minimum Gasteiger partial charge on any atom is -0.378 e. The maximum Gasteiger partial charge on any atom is 0.242 e. The number of likely N-dealkylation sites (N-methyl/N-ethyl adjacent to an activating group) is 1. The van der Waals surface area contributed by atoms with Gasteiger partial charge in [-0.3, -0.25) is 9.59 Å². The zero-order valence-corrected chi connectivity index (χ0v) is 13.3. The summed E-state index contributed by atoms with van der Waals surface area (Å²) in [6, 6.07) is -0.535. The van der Waals surface area contributed by atoms with Crippen LogP contribution in [0.5, 0.6) is 0 Å². The number of ether oxygens (including phenoxy) is 1. The van der Waals surface area contributed by atoms with E-state index >= 15 is 0 Å². The Morgan fingerprint density at radius 1 is 1.35 bits per heavy atom. The van der Waals surface area contributed by atoms with Crippen molar-refractivity contribution < 1.29 is 14.3 Å². The molecule has 2 N–H and O–H groups in total. The molecule has 0 bridgehead atoms. The summed E-state index contributed by atoms with van der Waals surface area (Å²) in [7, 11) is 1.63. The minimum absolute atomic E-state index is 0. The van der Waals surface area contributed by atoms with Crippen LogP contribution >= 0.6 is 12.4 Å². The van der Waals surface area contributed by atoms with Crippen molar-refractivity contribution in [2.45, 2.75) is 26.3 Å². The molecule has 0 radical (unpaired) electrons. The van der Waals surface area contributed by atoms with Crippen LogP contribution in [0, 0.1) is 5.92 Å². The number of rotatable bonds is 5. The Balaban J connectivity index is 0.00000361. The Morgan fingerprint density at radius 3 is 2.40 bits per heavy atom. The maximum absolute atomic E-state index is 12.1. The van der Waals surface area contributed by atoms with Gasteiger partial charge in [-0.25, -0.2) is 0 Å². The third-order valence-corrected chi connectivity index (χ3v) is 3.65. The van der Waals surface area contributed by atoms with Crippen LogP contribution in [0.2, 0.25) is 0 Å². The van der Waals surface area contributed by atoms with Crippen molar-refractivity contribution in [2.75, 3.05) is 39.9 Å². The van der Waals surface area contributed by atoms with Crippen LogP contribution in [0.3, 0.4) is 0 Å². The van der Waals surface area contributed by atoms with Gasteiger partial charge >= 0.3 is 0 Å². The molecule has 0 spiro atoms. The molecule has 1 fully saturated rings. The molecule has 1 aliphatic heterocycles. The van der Waals surface area contributed by atoms with Crippen LogP contribution < -0.4 is 5.73 Å². The van der Waals surface area contributed by atoms with Crippen LogP contribution in [-0.2, 0) is 14.3 Å². The fourth-order valence-corrected chi connectivity index (χ4v) is 1.95. The van der Waals surface area contributed by atoms with E-state index in [4.69, 9.17) is 10.5 Å². The summed E-state index contributed by atoms with van der Waals surface area (Å²) < 4.78 is 5.19. The average molecular weight is 308 g/mol. The van der Waals surface area contributed by atoms with E-state index in [1.165, 1.54) is 4.90 Å². The molecule has 1 saturated heterocycles. The van der Waals surface area contributed by atoms with E-state index < -0.39 is 6.04 Å². The summed E-state index contributed by atoms with van der Waals surface area (Å²) in [4.78, 5) is 27.2. The summed E-state index contributed by atoms with van der Waals surface area (Å²) in [6.07, 6.45) is 0.845. The first-order valence-corrected chi connectivity index (χ1v) is 6.83. The Morgan fingerprint density at radius 2 is 1.90 bits per heavy atom. The highest BCUT2D eigenvalue weighted by molar-refractivity contribution is 5.87. The van der Waals surface area contributed by atoms with Crippen molar-refractivity contribution in [3.63, 3.8) is 0 Å². The number of morpholine rings is 1. The maximum atomic E-state index is 12.1. The van der Waals surface area contributed by atoms with E-state index in [2.05, 4.69) is 0 Å². The molecule has 6 nitrogen and oxygen atoms in total. The topological polar surface area (TPSA) is 75.9 Å². The van der Waals surface area contributed by atoms with Crippen molar-refractivity contribution in [1.82, 2.24) is 9.80 Å².